The molecule has 0 amide bonds. The molecule has 0 unspecified atom stereocenters. The minimum atomic E-state index is 0.818. The minimum absolute atomic E-state index is 0.818. The van der Waals surface area contributed by atoms with Gasteiger partial charge in [0.15, 0.2) is 0 Å². The maximum Gasteiger partial charge on any atom is 0.131 e. The summed E-state index contributed by atoms with van der Waals surface area (Å²) < 4.78 is 0. The van der Waals surface area contributed by atoms with Crippen molar-refractivity contribution in [3.63, 3.8) is 0 Å². The molecule has 0 saturated carbocycles. The van der Waals surface area contributed by atoms with Gasteiger partial charge in [-0.1, -0.05) is 11.6 Å². The summed E-state index contributed by atoms with van der Waals surface area (Å²) in [6.07, 6.45) is 0. The van der Waals surface area contributed by atoms with Crippen LogP contribution in [0.2, 0.25) is 5.02 Å². The van der Waals surface area contributed by atoms with Crippen molar-refractivity contribution in [3.8, 4) is 0 Å². The zero-order valence-corrected chi connectivity index (χ0v) is 8.27. The van der Waals surface area contributed by atoms with Crippen LogP contribution in [0, 0.1) is 0 Å². The van der Waals surface area contributed by atoms with Crippen LogP contribution in [0.4, 0.5) is 5.69 Å². The van der Waals surface area contributed by atoms with Gasteiger partial charge in [0.2, 0.25) is 0 Å². The molecule has 1 saturated heterocycles. The Hall–Kier alpha value is -0.570. The first-order valence-corrected chi connectivity index (χ1v) is 5.05. The molecule has 3 heteroatoms. The summed E-state index contributed by atoms with van der Waals surface area (Å²) in [6.45, 7) is 4.55. The van der Waals surface area contributed by atoms with Gasteiger partial charge in [0, 0.05) is 30.2 Å². The van der Waals surface area contributed by atoms with Gasteiger partial charge in [-0.05, 0) is 12.1 Å². The third kappa shape index (κ3) is 2.21. The lowest BCUT2D eigenvalue weighted by atomic mass is 10.2. The lowest BCUT2D eigenvalue weighted by Crippen LogP contribution is -3.10. The van der Waals surface area contributed by atoms with E-state index in [0.717, 1.165) is 18.1 Å². The average molecular weight is 198 g/mol. The molecule has 0 radical (unpaired) electrons. The minimum Gasteiger partial charge on any atom is -0.306 e. The lowest BCUT2D eigenvalue weighted by Gasteiger charge is -2.23. The van der Waals surface area contributed by atoms with E-state index in [2.05, 4.69) is 17.4 Å². The van der Waals surface area contributed by atoms with Crippen molar-refractivity contribution in [2.75, 3.05) is 26.2 Å². The third-order valence-corrected chi connectivity index (χ3v) is 2.71. The fraction of sp³-hybridized carbons (Fsp3) is 0.400. The van der Waals surface area contributed by atoms with Crippen LogP contribution < -0.4 is 10.2 Å². The normalized spacial score (nSPS) is 18.8. The molecule has 1 aromatic rings. The molecular formula is C10H14ClN2+. The van der Waals surface area contributed by atoms with Crippen molar-refractivity contribution in [2.24, 2.45) is 0 Å². The van der Waals surface area contributed by atoms with Crippen LogP contribution in [0.15, 0.2) is 24.3 Å². The van der Waals surface area contributed by atoms with Crippen molar-refractivity contribution >= 4 is 17.3 Å². The molecule has 0 aromatic heterocycles. The van der Waals surface area contributed by atoms with E-state index in [1.165, 1.54) is 18.8 Å². The van der Waals surface area contributed by atoms with Gasteiger partial charge >= 0.3 is 0 Å². The van der Waals surface area contributed by atoms with Crippen molar-refractivity contribution in [3.05, 3.63) is 29.3 Å². The van der Waals surface area contributed by atoms with E-state index in [1.807, 2.05) is 12.1 Å². The van der Waals surface area contributed by atoms with Crippen molar-refractivity contribution < 1.29 is 4.90 Å². The Balaban J connectivity index is 2.10. The largest absolute Gasteiger partial charge is 0.306 e. The molecule has 1 aliphatic heterocycles. The number of halogens is 1. The fourth-order valence-corrected chi connectivity index (χ4v) is 1.83. The smallest absolute Gasteiger partial charge is 0.131 e. The number of hydrogen-bond acceptors (Lipinski definition) is 1. The second-order valence-electron chi connectivity index (χ2n) is 3.36. The van der Waals surface area contributed by atoms with Gasteiger partial charge in [-0.2, -0.15) is 0 Å². The molecule has 0 spiro atoms. The standard InChI is InChI=1S/C10H13ClN2/c11-9-1-3-10(4-2-9)13-7-5-12-6-8-13/h1-4,12H,5-8H2/p+1. The first-order chi connectivity index (χ1) is 6.36. The summed E-state index contributed by atoms with van der Waals surface area (Å²) in [5, 5.41) is 4.17. The van der Waals surface area contributed by atoms with Crippen LogP contribution in [-0.4, -0.2) is 26.2 Å². The monoisotopic (exact) mass is 197 g/mol. The van der Waals surface area contributed by atoms with Gasteiger partial charge in [0.25, 0.3) is 0 Å². The molecule has 0 bridgehead atoms. The summed E-state index contributed by atoms with van der Waals surface area (Å²) in [5.74, 6) is 0. The Kier molecular flexibility index (Phi) is 2.83. The summed E-state index contributed by atoms with van der Waals surface area (Å²) in [6, 6.07) is 8.16. The summed E-state index contributed by atoms with van der Waals surface area (Å²) in [5.41, 5.74) is 1.35. The highest BCUT2D eigenvalue weighted by molar-refractivity contribution is 6.30. The quantitative estimate of drug-likeness (QED) is 0.669. The Morgan fingerprint density at radius 1 is 1.08 bits per heavy atom. The zero-order chi connectivity index (χ0) is 9.10. The van der Waals surface area contributed by atoms with Gasteiger partial charge in [-0.15, -0.1) is 0 Å². The highest BCUT2D eigenvalue weighted by Crippen LogP contribution is 2.10. The average Bonchev–Trinajstić information content (AvgIpc) is 2.20. The molecule has 0 aliphatic carbocycles. The molecule has 1 aromatic carbocycles. The van der Waals surface area contributed by atoms with Crippen molar-refractivity contribution in [1.82, 2.24) is 5.32 Å². The molecule has 13 heavy (non-hydrogen) atoms. The number of rotatable bonds is 1. The summed E-state index contributed by atoms with van der Waals surface area (Å²) in [7, 11) is 0. The molecule has 2 N–H and O–H groups in total. The predicted octanol–water partition coefficient (Wildman–Crippen LogP) is 0.460. The van der Waals surface area contributed by atoms with Crippen LogP contribution >= 0.6 is 11.6 Å². The van der Waals surface area contributed by atoms with Gasteiger partial charge in [-0.3, -0.25) is 0 Å². The number of quaternary nitrogens is 1. The maximum absolute atomic E-state index is 5.83. The van der Waals surface area contributed by atoms with E-state index in [0.29, 0.717) is 0 Å². The molecule has 1 fully saturated rings. The predicted molar refractivity (Wildman–Crippen MR) is 54.7 cm³/mol. The molecule has 1 aliphatic rings. The van der Waals surface area contributed by atoms with E-state index in [-0.39, 0.29) is 0 Å². The fourth-order valence-electron chi connectivity index (χ4n) is 1.70. The number of nitrogens with one attached hydrogen (secondary N) is 2. The van der Waals surface area contributed by atoms with E-state index in [4.69, 9.17) is 11.6 Å². The number of hydrogen-bond donors (Lipinski definition) is 2. The Morgan fingerprint density at radius 2 is 1.69 bits per heavy atom. The Bertz CT molecular complexity index is 265. The van der Waals surface area contributed by atoms with Crippen molar-refractivity contribution in [1.29, 1.82) is 0 Å². The summed E-state index contributed by atoms with van der Waals surface area (Å²) >= 11 is 5.83. The van der Waals surface area contributed by atoms with Crippen LogP contribution in [0.25, 0.3) is 0 Å². The topological polar surface area (TPSA) is 16.5 Å². The first kappa shape index (κ1) is 9.00. The van der Waals surface area contributed by atoms with E-state index in [1.54, 1.807) is 4.90 Å². The van der Waals surface area contributed by atoms with E-state index in [9.17, 15) is 0 Å². The molecule has 2 rings (SSSR count). The van der Waals surface area contributed by atoms with Crippen LogP contribution in [0.5, 0.6) is 0 Å². The van der Waals surface area contributed by atoms with Gasteiger partial charge in [-0.25, -0.2) is 0 Å². The van der Waals surface area contributed by atoms with Gasteiger partial charge in [0.1, 0.15) is 5.69 Å². The second-order valence-corrected chi connectivity index (χ2v) is 3.80. The second kappa shape index (κ2) is 4.09. The lowest BCUT2D eigenvalue weighted by molar-refractivity contribution is -0.834. The van der Waals surface area contributed by atoms with E-state index < -0.39 is 0 Å². The molecule has 70 valence electrons. The molecule has 1 heterocycles. The van der Waals surface area contributed by atoms with Crippen LogP contribution in [-0.2, 0) is 0 Å². The maximum atomic E-state index is 5.83. The highest BCUT2D eigenvalue weighted by atomic mass is 35.5. The zero-order valence-electron chi connectivity index (χ0n) is 7.52. The number of benzene rings is 1. The van der Waals surface area contributed by atoms with Crippen LogP contribution in [0.3, 0.4) is 0 Å². The van der Waals surface area contributed by atoms with E-state index >= 15 is 0 Å². The van der Waals surface area contributed by atoms with Crippen molar-refractivity contribution in [2.45, 2.75) is 0 Å². The first-order valence-electron chi connectivity index (χ1n) is 4.67. The van der Waals surface area contributed by atoms with Crippen LogP contribution in [0.1, 0.15) is 0 Å². The molecule has 0 atom stereocenters. The number of piperazine rings is 1. The Labute approximate surface area is 83.5 Å². The highest BCUT2D eigenvalue weighted by Gasteiger charge is 2.14. The van der Waals surface area contributed by atoms with Gasteiger partial charge < -0.3 is 10.2 Å². The molecular weight excluding hydrogens is 184 g/mol. The van der Waals surface area contributed by atoms with Gasteiger partial charge in [0.05, 0.1) is 13.1 Å². The third-order valence-electron chi connectivity index (χ3n) is 2.46. The molecule has 2 nitrogen and oxygen atoms in total. The Morgan fingerprint density at radius 3 is 2.31 bits per heavy atom. The summed E-state index contributed by atoms with van der Waals surface area (Å²) in [4.78, 5) is 1.55. The SMILES string of the molecule is Clc1ccc([NH+]2CCNCC2)cc1.